The molecular formula is C27H30N2O. The summed E-state index contributed by atoms with van der Waals surface area (Å²) < 4.78 is 0. The van der Waals surface area contributed by atoms with Crippen molar-refractivity contribution in [2.45, 2.75) is 39.5 Å². The quantitative estimate of drug-likeness (QED) is 0.573. The van der Waals surface area contributed by atoms with Crippen molar-refractivity contribution in [3.8, 4) is 0 Å². The molecule has 0 atom stereocenters. The zero-order valence-electron chi connectivity index (χ0n) is 18.1. The number of carbonyl (C=O) groups is 1. The van der Waals surface area contributed by atoms with E-state index in [4.69, 9.17) is 0 Å². The van der Waals surface area contributed by atoms with E-state index in [-0.39, 0.29) is 11.8 Å². The first-order valence-electron chi connectivity index (χ1n) is 10.8. The normalized spacial score (nSPS) is 13.7. The minimum atomic E-state index is -0.345. The van der Waals surface area contributed by atoms with Crippen LogP contribution in [0.5, 0.6) is 0 Å². The van der Waals surface area contributed by atoms with E-state index in [1.54, 1.807) is 0 Å². The standard InChI is InChI=1S/C27H30N2O/c1-19-18-20(2)26(29-16-10-11-17-29)21(3)25(19)28-27(30)24(22-12-6-4-7-13-22)23-14-8-5-9-15-23/h4-9,12-15,18,24H,10-11,16-17H2,1-3H3,(H,28,30). The highest BCUT2D eigenvalue weighted by Gasteiger charge is 2.25. The molecule has 1 aliphatic heterocycles. The molecule has 0 aliphatic carbocycles. The zero-order valence-corrected chi connectivity index (χ0v) is 18.1. The third-order valence-electron chi connectivity index (χ3n) is 6.13. The molecule has 0 bridgehead atoms. The Labute approximate surface area is 179 Å². The summed E-state index contributed by atoms with van der Waals surface area (Å²) in [4.78, 5) is 16.1. The molecule has 1 aliphatic rings. The first-order chi connectivity index (χ1) is 14.6. The first kappa shape index (κ1) is 20.2. The van der Waals surface area contributed by atoms with Crippen molar-refractivity contribution in [2.24, 2.45) is 0 Å². The van der Waals surface area contributed by atoms with Gasteiger partial charge in [0.1, 0.15) is 0 Å². The summed E-state index contributed by atoms with van der Waals surface area (Å²) in [7, 11) is 0. The van der Waals surface area contributed by atoms with Crippen LogP contribution >= 0.6 is 0 Å². The predicted molar refractivity (Wildman–Crippen MR) is 125 cm³/mol. The average Bonchev–Trinajstić information content (AvgIpc) is 3.27. The third-order valence-corrected chi connectivity index (χ3v) is 6.13. The lowest BCUT2D eigenvalue weighted by Crippen LogP contribution is -2.25. The summed E-state index contributed by atoms with van der Waals surface area (Å²) in [5.41, 5.74) is 7.80. The smallest absolute Gasteiger partial charge is 0.236 e. The second kappa shape index (κ2) is 8.74. The highest BCUT2D eigenvalue weighted by Crippen LogP contribution is 2.36. The maximum Gasteiger partial charge on any atom is 0.236 e. The molecule has 0 unspecified atom stereocenters. The number of rotatable bonds is 5. The zero-order chi connectivity index (χ0) is 21.1. The average molecular weight is 399 g/mol. The van der Waals surface area contributed by atoms with Crippen molar-refractivity contribution in [1.82, 2.24) is 0 Å². The fourth-order valence-corrected chi connectivity index (χ4v) is 4.78. The number of hydrogen-bond donors (Lipinski definition) is 1. The molecule has 154 valence electrons. The highest BCUT2D eigenvalue weighted by molar-refractivity contribution is 6.00. The van der Waals surface area contributed by atoms with E-state index in [9.17, 15) is 4.79 Å². The first-order valence-corrected chi connectivity index (χ1v) is 10.8. The summed E-state index contributed by atoms with van der Waals surface area (Å²) in [6.45, 7) is 8.59. The van der Waals surface area contributed by atoms with Crippen molar-refractivity contribution in [3.05, 3.63) is 94.5 Å². The van der Waals surface area contributed by atoms with Crippen molar-refractivity contribution >= 4 is 17.3 Å². The molecule has 1 fully saturated rings. The maximum atomic E-state index is 13.6. The molecule has 3 heteroatoms. The van der Waals surface area contributed by atoms with Crippen LogP contribution in [0.2, 0.25) is 0 Å². The Morgan fingerprint density at radius 1 is 0.833 bits per heavy atom. The fourth-order valence-electron chi connectivity index (χ4n) is 4.78. The number of aryl methyl sites for hydroxylation is 2. The van der Waals surface area contributed by atoms with Gasteiger partial charge >= 0.3 is 0 Å². The minimum Gasteiger partial charge on any atom is -0.371 e. The van der Waals surface area contributed by atoms with Gasteiger partial charge < -0.3 is 10.2 Å². The lowest BCUT2D eigenvalue weighted by atomic mass is 9.90. The Morgan fingerprint density at radius 3 is 1.90 bits per heavy atom. The summed E-state index contributed by atoms with van der Waals surface area (Å²) >= 11 is 0. The third kappa shape index (κ3) is 3.97. The Kier molecular flexibility index (Phi) is 5.89. The van der Waals surface area contributed by atoms with Gasteiger partial charge in [-0.05, 0) is 61.4 Å². The minimum absolute atomic E-state index is 0.00910. The summed E-state index contributed by atoms with van der Waals surface area (Å²) in [5, 5.41) is 3.30. The number of amides is 1. The van der Waals surface area contributed by atoms with Crippen LogP contribution in [-0.2, 0) is 4.79 Å². The van der Waals surface area contributed by atoms with Gasteiger partial charge in [0, 0.05) is 24.5 Å². The van der Waals surface area contributed by atoms with Crippen molar-refractivity contribution in [2.75, 3.05) is 23.3 Å². The molecule has 0 aromatic heterocycles. The van der Waals surface area contributed by atoms with E-state index in [1.807, 2.05) is 60.7 Å². The van der Waals surface area contributed by atoms with Crippen LogP contribution in [0.15, 0.2) is 66.7 Å². The second-order valence-corrected chi connectivity index (χ2v) is 8.30. The number of carbonyl (C=O) groups excluding carboxylic acids is 1. The van der Waals surface area contributed by atoms with Gasteiger partial charge in [0.25, 0.3) is 0 Å². The Bertz CT molecular complexity index is 982. The van der Waals surface area contributed by atoms with Crippen LogP contribution in [0.4, 0.5) is 11.4 Å². The van der Waals surface area contributed by atoms with Crippen LogP contribution < -0.4 is 10.2 Å². The predicted octanol–water partition coefficient (Wildman–Crippen LogP) is 5.98. The van der Waals surface area contributed by atoms with Crippen LogP contribution in [-0.4, -0.2) is 19.0 Å². The summed E-state index contributed by atoms with van der Waals surface area (Å²) in [6, 6.07) is 22.3. The fraction of sp³-hybridized carbons (Fsp3) is 0.296. The Morgan fingerprint density at radius 2 is 1.37 bits per heavy atom. The SMILES string of the molecule is Cc1cc(C)c(N2CCCC2)c(C)c1NC(=O)C(c1ccccc1)c1ccccc1. The van der Waals surface area contributed by atoms with Crippen LogP contribution in [0.1, 0.15) is 46.6 Å². The number of nitrogens with zero attached hydrogens (tertiary/aromatic N) is 1. The lowest BCUT2D eigenvalue weighted by Gasteiger charge is -2.27. The number of benzene rings is 3. The van der Waals surface area contributed by atoms with E-state index in [0.29, 0.717) is 0 Å². The summed E-state index contributed by atoms with van der Waals surface area (Å²) in [5.74, 6) is -0.336. The van der Waals surface area contributed by atoms with Gasteiger partial charge in [0.05, 0.1) is 5.92 Å². The van der Waals surface area contributed by atoms with Crippen LogP contribution in [0.3, 0.4) is 0 Å². The van der Waals surface area contributed by atoms with Gasteiger partial charge in [0.2, 0.25) is 5.91 Å². The molecule has 3 aromatic carbocycles. The molecule has 0 radical (unpaired) electrons. The van der Waals surface area contributed by atoms with Crippen molar-refractivity contribution in [1.29, 1.82) is 0 Å². The second-order valence-electron chi connectivity index (χ2n) is 8.30. The molecule has 0 saturated carbocycles. The van der Waals surface area contributed by atoms with Gasteiger partial charge in [-0.1, -0.05) is 66.7 Å². The Hall–Kier alpha value is -3.07. The molecule has 3 aromatic rings. The van der Waals surface area contributed by atoms with Crippen LogP contribution in [0.25, 0.3) is 0 Å². The molecule has 4 rings (SSSR count). The van der Waals surface area contributed by atoms with E-state index in [0.717, 1.165) is 35.5 Å². The van der Waals surface area contributed by atoms with E-state index < -0.39 is 0 Å². The van der Waals surface area contributed by atoms with Gasteiger partial charge in [-0.25, -0.2) is 0 Å². The topological polar surface area (TPSA) is 32.3 Å². The molecular weight excluding hydrogens is 368 g/mol. The molecule has 1 amide bonds. The molecule has 1 N–H and O–H groups in total. The maximum absolute atomic E-state index is 13.6. The number of hydrogen-bond acceptors (Lipinski definition) is 2. The molecule has 3 nitrogen and oxygen atoms in total. The Balaban J connectivity index is 1.72. The largest absolute Gasteiger partial charge is 0.371 e. The van der Waals surface area contributed by atoms with Gasteiger partial charge in [-0.15, -0.1) is 0 Å². The van der Waals surface area contributed by atoms with Crippen LogP contribution in [0, 0.1) is 20.8 Å². The van der Waals surface area contributed by atoms with Gasteiger partial charge in [0.15, 0.2) is 0 Å². The van der Waals surface area contributed by atoms with Gasteiger partial charge in [-0.2, -0.15) is 0 Å². The van der Waals surface area contributed by atoms with Crippen molar-refractivity contribution < 1.29 is 4.79 Å². The molecule has 1 saturated heterocycles. The monoisotopic (exact) mass is 398 g/mol. The number of nitrogens with one attached hydrogen (secondary N) is 1. The van der Waals surface area contributed by atoms with E-state index in [1.165, 1.54) is 29.7 Å². The van der Waals surface area contributed by atoms with Gasteiger partial charge in [-0.3, -0.25) is 4.79 Å². The number of anilines is 2. The molecule has 30 heavy (non-hydrogen) atoms. The van der Waals surface area contributed by atoms with E-state index >= 15 is 0 Å². The van der Waals surface area contributed by atoms with Crippen molar-refractivity contribution in [3.63, 3.8) is 0 Å². The lowest BCUT2D eigenvalue weighted by molar-refractivity contribution is -0.116. The highest BCUT2D eigenvalue weighted by atomic mass is 16.1. The molecule has 0 spiro atoms. The molecule has 1 heterocycles. The van der Waals surface area contributed by atoms with E-state index in [2.05, 4.69) is 37.1 Å². The summed E-state index contributed by atoms with van der Waals surface area (Å²) in [6.07, 6.45) is 2.47.